The van der Waals surface area contributed by atoms with E-state index in [2.05, 4.69) is 37.2 Å². The first kappa shape index (κ1) is 13.5. The molecular formula is C12H21N3S. The molecule has 0 saturated heterocycles. The van der Waals surface area contributed by atoms with Crippen LogP contribution in [0.5, 0.6) is 0 Å². The van der Waals surface area contributed by atoms with Crippen molar-refractivity contribution in [1.29, 1.82) is 0 Å². The number of hydrogen-bond donors (Lipinski definition) is 2. The quantitative estimate of drug-likeness (QED) is 0.626. The zero-order chi connectivity index (χ0) is 12.2. The largest absolute Gasteiger partial charge is 0.271 e. The molecule has 1 heterocycles. The third-order valence-corrected chi connectivity index (χ3v) is 3.59. The Bertz CT molecular complexity index is 316. The molecule has 1 rings (SSSR count). The molecule has 0 aliphatic carbocycles. The maximum atomic E-state index is 5.58. The van der Waals surface area contributed by atoms with E-state index in [9.17, 15) is 0 Å². The molecule has 1 unspecified atom stereocenters. The van der Waals surface area contributed by atoms with Gasteiger partial charge in [-0.1, -0.05) is 26.8 Å². The summed E-state index contributed by atoms with van der Waals surface area (Å²) in [6, 6.07) is 4.26. The summed E-state index contributed by atoms with van der Waals surface area (Å²) in [6.45, 7) is 8.61. The van der Waals surface area contributed by atoms with Gasteiger partial charge in [0, 0.05) is 22.4 Å². The summed E-state index contributed by atoms with van der Waals surface area (Å²) < 4.78 is 0.257. The van der Waals surface area contributed by atoms with Gasteiger partial charge in [-0.05, 0) is 18.6 Å². The molecule has 3 nitrogen and oxygen atoms in total. The van der Waals surface area contributed by atoms with Gasteiger partial charge in [0.1, 0.15) is 0 Å². The monoisotopic (exact) mass is 239 g/mol. The molecule has 1 atom stereocenters. The number of aromatic nitrogens is 1. The van der Waals surface area contributed by atoms with Crippen molar-refractivity contribution in [3.63, 3.8) is 0 Å². The van der Waals surface area contributed by atoms with E-state index in [4.69, 9.17) is 5.84 Å². The van der Waals surface area contributed by atoms with Crippen LogP contribution in [-0.2, 0) is 0 Å². The highest BCUT2D eigenvalue weighted by Gasteiger charge is 2.16. The Hall–Kier alpha value is -0.580. The summed E-state index contributed by atoms with van der Waals surface area (Å²) in [5.74, 6) is 6.53. The Balaban J connectivity index is 2.64. The van der Waals surface area contributed by atoms with Crippen LogP contribution in [0.1, 0.15) is 38.1 Å². The predicted octanol–water partition coefficient (Wildman–Crippen LogP) is 2.43. The average Bonchev–Trinajstić information content (AvgIpc) is 2.20. The lowest BCUT2D eigenvalue weighted by molar-refractivity contribution is 0.605. The number of rotatable bonds is 4. The Labute approximate surface area is 102 Å². The Morgan fingerprint density at radius 1 is 1.44 bits per heavy atom. The minimum Gasteiger partial charge on any atom is -0.271 e. The zero-order valence-electron chi connectivity index (χ0n) is 10.4. The highest BCUT2D eigenvalue weighted by Crippen LogP contribution is 2.27. The number of nitrogens with two attached hydrogens (primary N) is 1. The van der Waals surface area contributed by atoms with Crippen molar-refractivity contribution in [3.05, 3.63) is 29.6 Å². The van der Waals surface area contributed by atoms with Gasteiger partial charge in [-0.15, -0.1) is 0 Å². The lowest BCUT2D eigenvalue weighted by Gasteiger charge is -2.22. The van der Waals surface area contributed by atoms with Gasteiger partial charge in [0.05, 0.1) is 6.04 Å². The van der Waals surface area contributed by atoms with Crippen LogP contribution in [-0.4, -0.2) is 15.5 Å². The van der Waals surface area contributed by atoms with E-state index < -0.39 is 0 Å². The first-order chi connectivity index (χ1) is 7.42. The number of thioether (sulfide) groups is 1. The second-order valence-electron chi connectivity index (χ2n) is 4.88. The average molecular weight is 239 g/mol. The summed E-state index contributed by atoms with van der Waals surface area (Å²) in [5, 5.41) is 0. The van der Waals surface area contributed by atoms with E-state index in [0.717, 1.165) is 17.0 Å². The molecule has 4 heteroatoms. The highest BCUT2D eigenvalue weighted by atomic mass is 32.2. The fraction of sp³-hybridized carbons (Fsp3) is 0.583. The zero-order valence-corrected chi connectivity index (χ0v) is 11.3. The van der Waals surface area contributed by atoms with Crippen molar-refractivity contribution in [1.82, 2.24) is 10.4 Å². The molecule has 16 heavy (non-hydrogen) atoms. The normalized spacial score (nSPS) is 13.8. The van der Waals surface area contributed by atoms with E-state index in [1.165, 1.54) is 0 Å². The molecule has 0 radical (unpaired) electrons. The topological polar surface area (TPSA) is 50.9 Å². The van der Waals surface area contributed by atoms with Crippen molar-refractivity contribution in [2.75, 3.05) is 5.75 Å². The van der Waals surface area contributed by atoms with Crippen LogP contribution < -0.4 is 11.3 Å². The SMILES string of the molecule is Cc1ccc(C(CSC(C)(C)C)NN)cn1. The molecule has 0 bridgehead atoms. The second kappa shape index (κ2) is 5.66. The number of aryl methyl sites for hydroxylation is 1. The number of nitrogens with zero attached hydrogens (tertiary/aromatic N) is 1. The van der Waals surface area contributed by atoms with E-state index in [0.29, 0.717) is 0 Å². The smallest absolute Gasteiger partial charge is 0.0565 e. The molecule has 1 aromatic rings. The number of hydrogen-bond acceptors (Lipinski definition) is 4. The highest BCUT2D eigenvalue weighted by molar-refractivity contribution is 8.00. The molecule has 0 saturated carbocycles. The molecule has 0 aliphatic heterocycles. The molecule has 90 valence electrons. The Morgan fingerprint density at radius 2 is 2.12 bits per heavy atom. The second-order valence-corrected chi connectivity index (χ2v) is 6.72. The summed E-state index contributed by atoms with van der Waals surface area (Å²) in [4.78, 5) is 4.29. The van der Waals surface area contributed by atoms with Gasteiger partial charge in [0.2, 0.25) is 0 Å². The molecule has 0 spiro atoms. The van der Waals surface area contributed by atoms with Gasteiger partial charge >= 0.3 is 0 Å². The van der Waals surface area contributed by atoms with Gasteiger partial charge in [-0.3, -0.25) is 16.3 Å². The third-order valence-electron chi connectivity index (χ3n) is 2.22. The summed E-state index contributed by atoms with van der Waals surface area (Å²) in [5.41, 5.74) is 5.02. The van der Waals surface area contributed by atoms with Gasteiger partial charge in [0.25, 0.3) is 0 Å². The first-order valence-corrected chi connectivity index (χ1v) is 6.43. The van der Waals surface area contributed by atoms with Crippen molar-refractivity contribution >= 4 is 11.8 Å². The van der Waals surface area contributed by atoms with E-state index in [1.807, 2.05) is 30.9 Å². The molecule has 0 aromatic carbocycles. The lowest BCUT2D eigenvalue weighted by atomic mass is 10.1. The van der Waals surface area contributed by atoms with E-state index in [1.54, 1.807) is 0 Å². The van der Waals surface area contributed by atoms with E-state index >= 15 is 0 Å². The minimum atomic E-state index is 0.164. The number of hydrazine groups is 1. The molecule has 1 aromatic heterocycles. The Kier molecular flexibility index (Phi) is 4.77. The van der Waals surface area contributed by atoms with Crippen molar-refractivity contribution < 1.29 is 0 Å². The van der Waals surface area contributed by atoms with Crippen LogP contribution in [0, 0.1) is 6.92 Å². The molecular weight excluding hydrogens is 218 g/mol. The minimum absolute atomic E-state index is 0.164. The van der Waals surface area contributed by atoms with E-state index in [-0.39, 0.29) is 10.8 Å². The van der Waals surface area contributed by atoms with Gasteiger partial charge < -0.3 is 0 Å². The summed E-state index contributed by atoms with van der Waals surface area (Å²) in [6.07, 6.45) is 1.89. The summed E-state index contributed by atoms with van der Waals surface area (Å²) in [7, 11) is 0. The fourth-order valence-electron chi connectivity index (χ4n) is 1.26. The van der Waals surface area contributed by atoms with Crippen LogP contribution in [0.4, 0.5) is 0 Å². The molecule has 0 amide bonds. The van der Waals surface area contributed by atoms with Crippen molar-refractivity contribution in [2.24, 2.45) is 5.84 Å². The van der Waals surface area contributed by atoms with Crippen LogP contribution in [0.2, 0.25) is 0 Å². The third kappa shape index (κ3) is 4.51. The summed E-state index contributed by atoms with van der Waals surface area (Å²) >= 11 is 1.90. The fourth-order valence-corrected chi connectivity index (χ4v) is 2.21. The van der Waals surface area contributed by atoms with Crippen molar-refractivity contribution in [2.45, 2.75) is 38.5 Å². The first-order valence-electron chi connectivity index (χ1n) is 5.45. The number of nitrogens with one attached hydrogen (secondary N) is 1. The van der Waals surface area contributed by atoms with Crippen LogP contribution in [0.3, 0.4) is 0 Å². The lowest BCUT2D eigenvalue weighted by Crippen LogP contribution is -2.31. The van der Waals surface area contributed by atoms with Crippen LogP contribution >= 0.6 is 11.8 Å². The Morgan fingerprint density at radius 3 is 2.56 bits per heavy atom. The standard InChI is InChI=1S/C12H21N3S/c1-9-5-6-10(7-14-9)11(15-13)8-16-12(2,3)4/h5-7,11,15H,8,13H2,1-4H3. The molecule has 0 fully saturated rings. The maximum absolute atomic E-state index is 5.58. The van der Waals surface area contributed by atoms with Crippen LogP contribution in [0.15, 0.2) is 18.3 Å². The maximum Gasteiger partial charge on any atom is 0.0565 e. The molecule has 3 N–H and O–H groups in total. The van der Waals surface area contributed by atoms with Gasteiger partial charge in [-0.25, -0.2) is 0 Å². The van der Waals surface area contributed by atoms with Gasteiger partial charge in [0.15, 0.2) is 0 Å². The predicted molar refractivity (Wildman–Crippen MR) is 71.2 cm³/mol. The van der Waals surface area contributed by atoms with Crippen LogP contribution in [0.25, 0.3) is 0 Å². The van der Waals surface area contributed by atoms with Crippen molar-refractivity contribution in [3.8, 4) is 0 Å². The van der Waals surface area contributed by atoms with Gasteiger partial charge in [-0.2, -0.15) is 11.8 Å². The molecule has 0 aliphatic rings. The number of pyridine rings is 1.